The molecule has 2 heteroatoms. The van der Waals surface area contributed by atoms with Gasteiger partial charge in [-0.3, -0.25) is 4.98 Å². The number of aromatic nitrogens is 1. The molecule has 6 atom stereocenters. The Labute approximate surface area is 192 Å². The normalized spacial score (nSPS) is 36.5. The van der Waals surface area contributed by atoms with Gasteiger partial charge in [0.1, 0.15) is 0 Å². The van der Waals surface area contributed by atoms with E-state index in [0.717, 1.165) is 23.4 Å². The topological polar surface area (TPSA) is 24.9 Å². The molecule has 0 bridgehead atoms. The van der Waals surface area contributed by atoms with Crippen molar-refractivity contribution in [2.75, 3.05) is 5.32 Å². The summed E-state index contributed by atoms with van der Waals surface area (Å²) in [6, 6.07) is 4.11. The smallest absolute Gasteiger partial charge is 0.0412 e. The van der Waals surface area contributed by atoms with E-state index in [1.807, 2.05) is 12.4 Å². The van der Waals surface area contributed by atoms with E-state index in [-0.39, 0.29) is 0 Å². The van der Waals surface area contributed by atoms with Crippen molar-refractivity contribution in [1.82, 2.24) is 4.98 Å². The zero-order valence-electron chi connectivity index (χ0n) is 21.1. The number of hydrogen-bond donors (Lipinski definition) is 1. The Kier molecular flexibility index (Phi) is 8.27. The van der Waals surface area contributed by atoms with Crippen LogP contribution in [-0.2, 0) is 0 Å². The SMILES string of the molecule is C=C(Nc1ccncc1)C1CCC(C2CCC(CC)C[C@@](C)(CC)CC2)C1(C)CCC. The molecule has 31 heavy (non-hydrogen) atoms. The number of allylic oxidation sites excluding steroid dienone is 1. The maximum atomic E-state index is 4.55. The molecular formula is C29H48N2. The van der Waals surface area contributed by atoms with Crippen molar-refractivity contribution in [2.24, 2.45) is 34.5 Å². The van der Waals surface area contributed by atoms with Crippen LogP contribution in [0.4, 0.5) is 5.69 Å². The Morgan fingerprint density at radius 3 is 2.45 bits per heavy atom. The van der Waals surface area contributed by atoms with Crippen molar-refractivity contribution < 1.29 is 0 Å². The summed E-state index contributed by atoms with van der Waals surface area (Å²) in [6.07, 6.45) is 18.8. The molecule has 0 aliphatic heterocycles. The first-order valence-corrected chi connectivity index (χ1v) is 13.2. The Balaban J connectivity index is 1.78. The van der Waals surface area contributed by atoms with Gasteiger partial charge < -0.3 is 5.32 Å². The molecule has 5 unspecified atom stereocenters. The highest BCUT2D eigenvalue weighted by Crippen LogP contribution is 2.58. The van der Waals surface area contributed by atoms with Gasteiger partial charge in [0.05, 0.1) is 0 Å². The van der Waals surface area contributed by atoms with Crippen LogP contribution in [0, 0.1) is 34.5 Å². The lowest BCUT2D eigenvalue weighted by atomic mass is 9.61. The molecule has 2 fully saturated rings. The van der Waals surface area contributed by atoms with Gasteiger partial charge in [-0.25, -0.2) is 0 Å². The molecule has 2 nitrogen and oxygen atoms in total. The summed E-state index contributed by atoms with van der Waals surface area (Å²) < 4.78 is 0. The van der Waals surface area contributed by atoms with Crippen molar-refractivity contribution in [2.45, 2.75) is 105 Å². The van der Waals surface area contributed by atoms with Gasteiger partial charge in [0.2, 0.25) is 0 Å². The number of hydrogen-bond acceptors (Lipinski definition) is 2. The van der Waals surface area contributed by atoms with Gasteiger partial charge in [0, 0.05) is 29.7 Å². The van der Waals surface area contributed by atoms with Gasteiger partial charge in [-0.05, 0) is 85.7 Å². The molecule has 2 aliphatic carbocycles. The van der Waals surface area contributed by atoms with Gasteiger partial charge in [-0.15, -0.1) is 0 Å². The third kappa shape index (κ3) is 5.55. The fourth-order valence-electron chi connectivity index (χ4n) is 7.32. The average molecular weight is 425 g/mol. The number of nitrogens with zero attached hydrogens (tertiary/aromatic N) is 1. The van der Waals surface area contributed by atoms with Crippen molar-refractivity contribution in [3.05, 3.63) is 36.8 Å². The zero-order valence-corrected chi connectivity index (χ0v) is 21.1. The summed E-state index contributed by atoms with van der Waals surface area (Å²) in [5.74, 6) is 3.21. The van der Waals surface area contributed by atoms with Crippen molar-refractivity contribution in [3.63, 3.8) is 0 Å². The third-order valence-corrected chi connectivity index (χ3v) is 9.45. The Morgan fingerprint density at radius 2 is 1.81 bits per heavy atom. The minimum absolute atomic E-state index is 0.361. The summed E-state index contributed by atoms with van der Waals surface area (Å²) >= 11 is 0. The van der Waals surface area contributed by atoms with E-state index < -0.39 is 0 Å². The van der Waals surface area contributed by atoms with E-state index in [1.54, 1.807) is 0 Å². The molecule has 2 saturated carbocycles. The van der Waals surface area contributed by atoms with Crippen LogP contribution in [0.1, 0.15) is 105 Å². The molecule has 1 aromatic heterocycles. The summed E-state index contributed by atoms with van der Waals surface area (Å²) in [4.78, 5) is 4.16. The molecule has 1 N–H and O–H groups in total. The molecular weight excluding hydrogens is 376 g/mol. The van der Waals surface area contributed by atoms with Gasteiger partial charge in [-0.1, -0.05) is 66.9 Å². The van der Waals surface area contributed by atoms with E-state index in [4.69, 9.17) is 0 Å². The predicted octanol–water partition coefficient (Wildman–Crippen LogP) is 8.86. The first-order chi connectivity index (χ1) is 14.8. The number of anilines is 1. The van der Waals surface area contributed by atoms with Crippen molar-refractivity contribution >= 4 is 5.69 Å². The number of nitrogens with one attached hydrogen (secondary N) is 1. The molecule has 1 aromatic rings. The lowest BCUT2D eigenvalue weighted by Gasteiger charge is -2.44. The largest absolute Gasteiger partial charge is 0.359 e. The number of rotatable bonds is 8. The van der Waals surface area contributed by atoms with Crippen molar-refractivity contribution in [3.8, 4) is 0 Å². The average Bonchev–Trinajstić information content (AvgIpc) is 3.09. The van der Waals surface area contributed by atoms with E-state index in [0.29, 0.717) is 16.7 Å². The van der Waals surface area contributed by atoms with Gasteiger partial charge in [-0.2, -0.15) is 0 Å². The monoisotopic (exact) mass is 424 g/mol. The van der Waals surface area contributed by atoms with Gasteiger partial charge >= 0.3 is 0 Å². The Hall–Kier alpha value is -1.31. The van der Waals surface area contributed by atoms with Crippen LogP contribution in [0.25, 0.3) is 0 Å². The molecule has 0 aromatic carbocycles. The molecule has 0 spiro atoms. The number of pyridine rings is 1. The predicted molar refractivity (Wildman–Crippen MR) is 135 cm³/mol. The van der Waals surface area contributed by atoms with Crippen LogP contribution in [0.2, 0.25) is 0 Å². The molecule has 0 radical (unpaired) electrons. The highest BCUT2D eigenvalue weighted by atomic mass is 14.9. The summed E-state index contributed by atoms with van der Waals surface area (Å²) in [6.45, 7) is 16.9. The molecule has 0 saturated heterocycles. The van der Waals surface area contributed by atoms with Crippen LogP contribution in [0.15, 0.2) is 36.8 Å². The van der Waals surface area contributed by atoms with Crippen LogP contribution in [0.3, 0.4) is 0 Å². The van der Waals surface area contributed by atoms with Gasteiger partial charge in [0.25, 0.3) is 0 Å². The molecule has 2 aliphatic rings. The first kappa shape index (κ1) is 24.3. The maximum Gasteiger partial charge on any atom is 0.0412 e. The Bertz CT molecular complexity index is 698. The second-order valence-corrected chi connectivity index (χ2v) is 11.4. The van der Waals surface area contributed by atoms with Crippen LogP contribution in [0.5, 0.6) is 0 Å². The lowest BCUT2D eigenvalue weighted by molar-refractivity contribution is 0.0677. The van der Waals surface area contributed by atoms with E-state index >= 15 is 0 Å². The highest BCUT2D eigenvalue weighted by molar-refractivity contribution is 5.47. The van der Waals surface area contributed by atoms with E-state index in [2.05, 4.69) is 63.6 Å². The van der Waals surface area contributed by atoms with Crippen molar-refractivity contribution in [1.29, 1.82) is 0 Å². The molecule has 174 valence electrons. The van der Waals surface area contributed by atoms with E-state index in [1.165, 1.54) is 76.3 Å². The maximum absolute atomic E-state index is 4.55. The molecule has 0 amide bonds. The summed E-state index contributed by atoms with van der Waals surface area (Å²) in [7, 11) is 0. The zero-order chi connectivity index (χ0) is 22.5. The van der Waals surface area contributed by atoms with E-state index in [9.17, 15) is 0 Å². The molecule has 1 heterocycles. The Morgan fingerprint density at radius 1 is 1.06 bits per heavy atom. The first-order valence-electron chi connectivity index (χ1n) is 13.2. The fraction of sp³-hybridized carbons (Fsp3) is 0.759. The lowest BCUT2D eigenvalue weighted by Crippen LogP contribution is -2.36. The second-order valence-electron chi connectivity index (χ2n) is 11.4. The second kappa shape index (κ2) is 10.5. The molecule has 3 rings (SSSR count). The van der Waals surface area contributed by atoms with Gasteiger partial charge in [0.15, 0.2) is 0 Å². The van der Waals surface area contributed by atoms with Crippen LogP contribution >= 0.6 is 0 Å². The minimum atomic E-state index is 0.361. The van der Waals surface area contributed by atoms with Crippen LogP contribution < -0.4 is 5.32 Å². The third-order valence-electron chi connectivity index (χ3n) is 9.45. The highest BCUT2D eigenvalue weighted by Gasteiger charge is 2.50. The summed E-state index contributed by atoms with van der Waals surface area (Å²) in [5, 5.41) is 3.65. The summed E-state index contributed by atoms with van der Waals surface area (Å²) in [5.41, 5.74) is 3.25. The quantitative estimate of drug-likeness (QED) is 0.450. The van der Waals surface area contributed by atoms with Crippen LogP contribution in [-0.4, -0.2) is 4.98 Å². The standard InChI is InChI=1S/C29H48N2/c1-7-17-29(6)26(22(4)31-25-15-19-30-20-16-25)12-13-27(29)24-11-10-23(8-2)21-28(5,9-3)18-14-24/h15-16,19-20,23-24,26-27H,4,7-14,17-18,21H2,1-3,5-6H3,(H,30,31)/t23?,24?,26?,27?,28-,29?/m0/s1. The fourth-order valence-corrected chi connectivity index (χ4v) is 7.32. The minimum Gasteiger partial charge on any atom is -0.359 e.